The van der Waals surface area contributed by atoms with Gasteiger partial charge in [0.05, 0.1) is 0 Å². The monoisotopic (exact) mass is 266 g/mol. The van der Waals surface area contributed by atoms with Crippen molar-refractivity contribution in [2.24, 2.45) is 5.92 Å². The van der Waals surface area contributed by atoms with Crippen LogP contribution in [0.25, 0.3) is 0 Å². The first kappa shape index (κ1) is 15.3. The van der Waals surface area contributed by atoms with Crippen molar-refractivity contribution in [1.29, 1.82) is 0 Å². The number of piperidine rings is 1. The molecule has 1 unspecified atom stereocenters. The molecule has 1 saturated heterocycles. The van der Waals surface area contributed by atoms with Gasteiger partial charge >= 0.3 is 0 Å². The lowest BCUT2D eigenvalue weighted by Crippen LogP contribution is -2.47. The zero-order chi connectivity index (χ0) is 13.5. The van der Waals surface area contributed by atoms with Crippen LogP contribution < -0.4 is 5.32 Å². The zero-order valence-corrected chi connectivity index (χ0v) is 13.2. The molecule has 1 aliphatic heterocycles. The predicted octanol–water partition coefficient (Wildman–Crippen LogP) is 3.81. The van der Waals surface area contributed by atoms with Crippen LogP contribution in [-0.2, 0) is 0 Å². The topological polar surface area (TPSA) is 15.3 Å². The van der Waals surface area contributed by atoms with Gasteiger partial charge in [-0.05, 0) is 77.4 Å². The predicted molar refractivity (Wildman–Crippen MR) is 83.5 cm³/mol. The van der Waals surface area contributed by atoms with E-state index in [-0.39, 0.29) is 0 Å². The first-order chi connectivity index (χ1) is 9.31. The van der Waals surface area contributed by atoms with E-state index in [4.69, 9.17) is 0 Å². The van der Waals surface area contributed by atoms with Crippen LogP contribution in [0.15, 0.2) is 0 Å². The maximum atomic E-state index is 3.61. The van der Waals surface area contributed by atoms with Crippen LogP contribution in [0.1, 0.15) is 71.6 Å². The molecule has 1 N–H and O–H groups in total. The van der Waals surface area contributed by atoms with Gasteiger partial charge < -0.3 is 10.2 Å². The molecule has 2 heteroatoms. The normalized spacial score (nSPS) is 30.0. The smallest absolute Gasteiger partial charge is 0.0123 e. The van der Waals surface area contributed by atoms with E-state index in [1.807, 2.05) is 0 Å². The standard InChI is InChI=1S/C17H34N2/c1-3-12-18-15(2)8-6-13-19-14-7-10-16-9-4-5-11-17(16)19/h15-18H,3-14H2,1-2H3/t15?,16-,17-/m1/s1. The molecule has 0 aromatic rings. The fourth-order valence-electron chi connectivity index (χ4n) is 4.10. The van der Waals surface area contributed by atoms with E-state index in [2.05, 4.69) is 24.1 Å². The van der Waals surface area contributed by atoms with Gasteiger partial charge in [-0.25, -0.2) is 0 Å². The lowest BCUT2D eigenvalue weighted by Gasteiger charge is -2.44. The van der Waals surface area contributed by atoms with E-state index in [0.29, 0.717) is 6.04 Å². The van der Waals surface area contributed by atoms with Crippen LogP contribution in [0, 0.1) is 5.92 Å². The molecule has 2 fully saturated rings. The van der Waals surface area contributed by atoms with Gasteiger partial charge in [0.2, 0.25) is 0 Å². The maximum Gasteiger partial charge on any atom is 0.0123 e. The van der Waals surface area contributed by atoms with E-state index in [1.165, 1.54) is 77.4 Å². The third-order valence-corrected chi connectivity index (χ3v) is 5.18. The Kier molecular flexibility index (Phi) is 6.66. The molecule has 0 aromatic heterocycles. The Balaban J connectivity index is 1.66. The Morgan fingerprint density at radius 3 is 2.79 bits per heavy atom. The summed E-state index contributed by atoms with van der Waals surface area (Å²) in [6.07, 6.45) is 12.9. The quantitative estimate of drug-likeness (QED) is 0.754. The fraction of sp³-hybridized carbons (Fsp3) is 1.00. The maximum absolute atomic E-state index is 3.61. The van der Waals surface area contributed by atoms with E-state index < -0.39 is 0 Å². The second kappa shape index (κ2) is 8.26. The van der Waals surface area contributed by atoms with Gasteiger partial charge in [-0.2, -0.15) is 0 Å². The third-order valence-electron chi connectivity index (χ3n) is 5.18. The van der Waals surface area contributed by atoms with Crippen molar-refractivity contribution < 1.29 is 0 Å². The van der Waals surface area contributed by atoms with Gasteiger partial charge in [-0.1, -0.05) is 19.8 Å². The summed E-state index contributed by atoms with van der Waals surface area (Å²) in [5, 5.41) is 3.61. The number of nitrogens with zero attached hydrogens (tertiary/aromatic N) is 1. The molecule has 0 amide bonds. The van der Waals surface area contributed by atoms with Crippen LogP contribution in [0.4, 0.5) is 0 Å². The summed E-state index contributed by atoms with van der Waals surface area (Å²) in [7, 11) is 0. The molecule has 3 atom stereocenters. The lowest BCUT2D eigenvalue weighted by atomic mass is 9.78. The molecule has 112 valence electrons. The molecule has 0 aromatic carbocycles. The lowest BCUT2D eigenvalue weighted by molar-refractivity contribution is 0.0591. The first-order valence-corrected chi connectivity index (χ1v) is 8.78. The molecule has 2 nitrogen and oxygen atoms in total. The summed E-state index contributed by atoms with van der Waals surface area (Å²) in [5.74, 6) is 1.04. The first-order valence-electron chi connectivity index (χ1n) is 8.78. The molecule has 0 bridgehead atoms. The van der Waals surface area contributed by atoms with Gasteiger partial charge in [0.15, 0.2) is 0 Å². The summed E-state index contributed by atoms with van der Waals surface area (Å²) < 4.78 is 0. The highest BCUT2D eigenvalue weighted by molar-refractivity contribution is 4.87. The second-order valence-corrected chi connectivity index (χ2v) is 6.79. The summed E-state index contributed by atoms with van der Waals surface area (Å²) in [5.41, 5.74) is 0. The third kappa shape index (κ3) is 4.75. The van der Waals surface area contributed by atoms with Gasteiger partial charge in [0.1, 0.15) is 0 Å². The summed E-state index contributed by atoms with van der Waals surface area (Å²) in [6.45, 7) is 8.48. The summed E-state index contributed by atoms with van der Waals surface area (Å²) in [6, 6.07) is 1.65. The average Bonchev–Trinajstić information content (AvgIpc) is 2.45. The van der Waals surface area contributed by atoms with E-state index in [1.54, 1.807) is 0 Å². The minimum absolute atomic E-state index is 0.701. The fourth-order valence-corrected chi connectivity index (χ4v) is 4.10. The van der Waals surface area contributed by atoms with Crippen molar-refractivity contribution in [1.82, 2.24) is 10.2 Å². The zero-order valence-electron chi connectivity index (χ0n) is 13.2. The van der Waals surface area contributed by atoms with Crippen molar-refractivity contribution in [3.63, 3.8) is 0 Å². The number of hydrogen-bond donors (Lipinski definition) is 1. The van der Waals surface area contributed by atoms with E-state index in [0.717, 1.165) is 12.0 Å². The van der Waals surface area contributed by atoms with Crippen molar-refractivity contribution in [3.8, 4) is 0 Å². The van der Waals surface area contributed by atoms with Crippen LogP contribution >= 0.6 is 0 Å². The second-order valence-electron chi connectivity index (χ2n) is 6.79. The molecule has 0 spiro atoms. The minimum atomic E-state index is 0.701. The Morgan fingerprint density at radius 1 is 1.16 bits per heavy atom. The minimum Gasteiger partial charge on any atom is -0.314 e. The number of fused-ring (bicyclic) bond motifs is 1. The van der Waals surface area contributed by atoms with Crippen molar-refractivity contribution in [2.45, 2.75) is 83.7 Å². The Labute approximate surface area is 120 Å². The van der Waals surface area contributed by atoms with Crippen molar-refractivity contribution in [2.75, 3.05) is 19.6 Å². The Morgan fingerprint density at radius 2 is 1.95 bits per heavy atom. The SMILES string of the molecule is CCCNC(C)CCCN1CCC[C@H]2CCCC[C@H]21. The number of rotatable bonds is 7. The number of nitrogens with one attached hydrogen (secondary N) is 1. The Hall–Kier alpha value is -0.0800. The Bertz CT molecular complexity index is 239. The molecule has 1 saturated carbocycles. The van der Waals surface area contributed by atoms with Crippen LogP contribution in [0.2, 0.25) is 0 Å². The molecule has 2 rings (SSSR count). The number of hydrogen-bond acceptors (Lipinski definition) is 2. The summed E-state index contributed by atoms with van der Waals surface area (Å²) >= 11 is 0. The molecular formula is C17H34N2. The largest absolute Gasteiger partial charge is 0.314 e. The molecule has 0 radical (unpaired) electrons. The van der Waals surface area contributed by atoms with Gasteiger partial charge in [-0.3, -0.25) is 0 Å². The van der Waals surface area contributed by atoms with Crippen LogP contribution in [0.3, 0.4) is 0 Å². The van der Waals surface area contributed by atoms with Crippen molar-refractivity contribution in [3.05, 3.63) is 0 Å². The van der Waals surface area contributed by atoms with Crippen LogP contribution in [0.5, 0.6) is 0 Å². The highest BCUT2D eigenvalue weighted by atomic mass is 15.2. The van der Waals surface area contributed by atoms with Gasteiger partial charge in [0.25, 0.3) is 0 Å². The molecule has 1 heterocycles. The number of likely N-dealkylation sites (tertiary alicyclic amines) is 1. The molecule has 1 aliphatic carbocycles. The van der Waals surface area contributed by atoms with E-state index >= 15 is 0 Å². The van der Waals surface area contributed by atoms with Crippen LogP contribution in [-0.4, -0.2) is 36.6 Å². The van der Waals surface area contributed by atoms with E-state index in [9.17, 15) is 0 Å². The molecule has 2 aliphatic rings. The summed E-state index contributed by atoms with van der Waals surface area (Å²) in [4.78, 5) is 2.83. The molecule has 19 heavy (non-hydrogen) atoms. The van der Waals surface area contributed by atoms with Crippen molar-refractivity contribution >= 4 is 0 Å². The van der Waals surface area contributed by atoms with Gasteiger partial charge in [-0.15, -0.1) is 0 Å². The van der Waals surface area contributed by atoms with Gasteiger partial charge in [0, 0.05) is 12.1 Å². The highest BCUT2D eigenvalue weighted by Crippen LogP contribution is 2.35. The highest BCUT2D eigenvalue weighted by Gasteiger charge is 2.32. The average molecular weight is 266 g/mol. The molecular weight excluding hydrogens is 232 g/mol.